The molecular formula is C24H25N3OS. The zero-order valence-corrected chi connectivity index (χ0v) is 18.1. The molecule has 0 unspecified atom stereocenters. The van der Waals surface area contributed by atoms with Crippen LogP contribution in [0.3, 0.4) is 0 Å². The fourth-order valence-electron chi connectivity index (χ4n) is 3.50. The maximum Gasteiger partial charge on any atom is 0.143 e. The predicted molar refractivity (Wildman–Crippen MR) is 123 cm³/mol. The van der Waals surface area contributed by atoms with Gasteiger partial charge >= 0.3 is 0 Å². The predicted octanol–water partition coefficient (Wildman–Crippen LogP) is 6.68. The standard InChI is InChI=1S/C24H25N3OS/c1-5-17-7-11-19(12-8-17)27-23-22-21(15(3)29-24(22)26-16(4)25-23)18-9-13-20(14-10-18)28-6-2/h7-14H,5-6H2,1-4H3,(H,25,26,27). The summed E-state index contributed by atoms with van der Waals surface area (Å²) in [7, 11) is 0. The van der Waals surface area contributed by atoms with E-state index in [2.05, 4.69) is 55.6 Å². The lowest BCUT2D eigenvalue weighted by Crippen LogP contribution is -1.98. The second-order valence-electron chi connectivity index (χ2n) is 6.97. The Morgan fingerprint density at radius 1 is 0.931 bits per heavy atom. The topological polar surface area (TPSA) is 47.0 Å². The van der Waals surface area contributed by atoms with E-state index in [9.17, 15) is 0 Å². The van der Waals surface area contributed by atoms with E-state index in [0.29, 0.717) is 6.61 Å². The Kier molecular flexibility index (Phi) is 5.49. The molecule has 2 heterocycles. The third-order valence-electron chi connectivity index (χ3n) is 4.92. The van der Waals surface area contributed by atoms with E-state index < -0.39 is 0 Å². The lowest BCUT2D eigenvalue weighted by Gasteiger charge is -2.11. The van der Waals surface area contributed by atoms with Gasteiger partial charge < -0.3 is 10.1 Å². The summed E-state index contributed by atoms with van der Waals surface area (Å²) < 4.78 is 5.60. The molecule has 2 aromatic carbocycles. The summed E-state index contributed by atoms with van der Waals surface area (Å²) in [4.78, 5) is 11.7. The van der Waals surface area contributed by atoms with Crippen molar-refractivity contribution in [2.24, 2.45) is 0 Å². The first kappa shape index (κ1) is 19.4. The molecule has 0 spiro atoms. The molecule has 4 aromatic rings. The molecular weight excluding hydrogens is 378 g/mol. The highest BCUT2D eigenvalue weighted by molar-refractivity contribution is 7.19. The summed E-state index contributed by atoms with van der Waals surface area (Å²) in [5, 5.41) is 4.60. The number of aryl methyl sites for hydroxylation is 3. The Labute approximate surface area is 175 Å². The lowest BCUT2D eigenvalue weighted by molar-refractivity contribution is 0.340. The van der Waals surface area contributed by atoms with Crippen molar-refractivity contribution >= 4 is 33.1 Å². The van der Waals surface area contributed by atoms with Crippen molar-refractivity contribution in [3.8, 4) is 16.9 Å². The van der Waals surface area contributed by atoms with Crippen LogP contribution in [0.25, 0.3) is 21.3 Å². The fourth-order valence-corrected chi connectivity index (χ4v) is 4.59. The lowest BCUT2D eigenvalue weighted by atomic mass is 10.0. The van der Waals surface area contributed by atoms with Gasteiger partial charge in [-0.1, -0.05) is 31.2 Å². The minimum atomic E-state index is 0.664. The molecule has 148 valence electrons. The van der Waals surface area contributed by atoms with Crippen LogP contribution in [-0.2, 0) is 6.42 Å². The summed E-state index contributed by atoms with van der Waals surface area (Å²) in [5.74, 6) is 2.50. The second kappa shape index (κ2) is 8.21. The Hall–Kier alpha value is -2.92. The van der Waals surface area contributed by atoms with Crippen LogP contribution < -0.4 is 10.1 Å². The van der Waals surface area contributed by atoms with Gasteiger partial charge in [0.25, 0.3) is 0 Å². The van der Waals surface area contributed by atoms with Gasteiger partial charge in [0.05, 0.1) is 12.0 Å². The van der Waals surface area contributed by atoms with E-state index in [1.54, 1.807) is 11.3 Å². The highest BCUT2D eigenvalue weighted by Gasteiger charge is 2.18. The monoisotopic (exact) mass is 403 g/mol. The minimum Gasteiger partial charge on any atom is -0.494 e. The highest BCUT2D eigenvalue weighted by atomic mass is 32.1. The van der Waals surface area contributed by atoms with Crippen LogP contribution in [-0.4, -0.2) is 16.6 Å². The Morgan fingerprint density at radius 3 is 2.31 bits per heavy atom. The van der Waals surface area contributed by atoms with Crippen molar-refractivity contribution in [1.82, 2.24) is 9.97 Å². The van der Waals surface area contributed by atoms with Crippen molar-refractivity contribution in [1.29, 1.82) is 0 Å². The Morgan fingerprint density at radius 2 is 1.66 bits per heavy atom. The molecule has 0 atom stereocenters. The molecule has 0 aliphatic heterocycles. The largest absolute Gasteiger partial charge is 0.494 e. The number of hydrogen-bond donors (Lipinski definition) is 1. The third kappa shape index (κ3) is 3.96. The molecule has 4 nitrogen and oxygen atoms in total. The molecule has 0 aliphatic carbocycles. The molecule has 0 amide bonds. The van der Waals surface area contributed by atoms with Gasteiger partial charge in [-0.25, -0.2) is 9.97 Å². The molecule has 4 rings (SSSR count). The molecule has 5 heteroatoms. The van der Waals surface area contributed by atoms with E-state index in [4.69, 9.17) is 14.7 Å². The number of rotatable bonds is 6. The first-order chi connectivity index (χ1) is 14.1. The summed E-state index contributed by atoms with van der Waals surface area (Å²) in [6.45, 7) is 8.91. The minimum absolute atomic E-state index is 0.664. The number of fused-ring (bicyclic) bond motifs is 1. The van der Waals surface area contributed by atoms with Gasteiger partial charge in [0.2, 0.25) is 0 Å². The van der Waals surface area contributed by atoms with Crippen LogP contribution in [0.5, 0.6) is 5.75 Å². The van der Waals surface area contributed by atoms with Crippen LogP contribution in [0.4, 0.5) is 11.5 Å². The Balaban J connectivity index is 1.81. The van der Waals surface area contributed by atoms with Gasteiger partial charge in [0, 0.05) is 16.1 Å². The summed E-state index contributed by atoms with van der Waals surface area (Å²) in [5.41, 5.74) is 4.68. The van der Waals surface area contributed by atoms with Crippen molar-refractivity contribution in [3.63, 3.8) is 0 Å². The van der Waals surface area contributed by atoms with E-state index >= 15 is 0 Å². The smallest absolute Gasteiger partial charge is 0.143 e. The highest BCUT2D eigenvalue weighted by Crippen LogP contribution is 2.41. The molecule has 0 bridgehead atoms. The first-order valence-electron chi connectivity index (χ1n) is 9.96. The number of nitrogens with zero attached hydrogens (tertiary/aromatic N) is 2. The number of aromatic nitrogens is 2. The van der Waals surface area contributed by atoms with Crippen molar-refractivity contribution < 1.29 is 4.74 Å². The zero-order chi connectivity index (χ0) is 20.4. The van der Waals surface area contributed by atoms with Crippen LogP contribution in [0.15, 0.2) is 48.5 Å². The van der Waals surface area contributed by atoms with Gasteiger partial charge in [0.15, 0.2) is 0 Å². The molecule has 0 aliphatic rings. The van der Waals surface area contributed by atoms with Crippen LogP contribution in [0.1, 0.15) is 30.1 Å². The normalized spacial score (nSPS) is 11.0. The van der Waals surface area contributed by atoms with E-state index in [0.717, 1.165) is 45.3 Å². The quantitative estimate of drug-likeness (QED) is 0.390. The van der Waals surface area contributed by atoms with Gasteiger partial charge in [0.1, 0.15) is 22.2 Å². The number of thiophene rings is 1. The average Bonchev–Trinajstić information content (AvgIpc) is 3.05. The van der Waals surface area contributed by atoms with Gasteiger partial charge in [-0.05, 0) is 62.6 Å². The van der Waals surface area contributed by atoms with E-state index in [1.807, 2.05) is 26.0 Å². The molecule has 29 heavy (non-hydrogen) atoms. The molecule has 0 saturated heterocycles. The number of benzene rings is 2. The SMILES string of the molecule is CCOc1ccc(-c2c(C)sc3nc(C)nc(Nc4ccc(CC)cc4)c23)cc1. The second-order valence-corrected chi connectivity index (χ2v) is 8.17. The van der Waals surface area contributed by atoms with Crippen molar-refractivity contribution in [2.75, 3.05) is 11.9 Å². The maximum atomic E-state index is 5.60. The molecule has 0 fully saturated rings. The van der Waals surface area contributed by atoms with Crippen LogP contribution in [0, 0.1) is 13.8 Å². The average molecular weight is 404 g/mol. The zero-order valence-electron chi connectivity index (χ0n) is 17.2. The van der Waals surface area contributed by atoms with Crippen LogP contribution in [0.2, 0.25) is 0 Å². The van der Waals surface area contributed by atoms with E-state index in [1.165, 1.54) is 16.0 Å². The molecule has 2 aromatic heterocycles. The molecule has 1 N–H and O–H groups in total. The molecule has 0 radical (unpaired) electrons. The third-order valence-corrected chi connectivity index (χ3v) is 5.92. The number of nitrogens with one attached hydrogen (secondary N) is 1. The summed E-state index contributed by atoms with van der Waals surface area (Å²) in [6, 6.07) is 16.8. The Bertz CT molecular complexity index is 1130. The van der Waals surface area contributed by atoms with Crippen LogP contribution >= 0.6 is 11.3 Å². The summed E-state index contributed by atoms with van der Waals surface area (Å²) in [6.07, 6.45) is 1.03. The van der Waals surface area contributed by atoms with Crippen molar-refractivity contribution in [3.05, 3.63) is 64.8 Å². The van der Waals surface area contributed by atoms with Gasteiger partial charge in [-0.3, -0.25) is 0 Å². The number of anilines is 2. The first-order valence-corrected chi connectivity index (χ1v) is 10.8. The van der Waals surface area contributed by atoms with Gasteiger partial charge in [-0.15, -0.1) is 11.3 Å². The van der Waals surface area contributed by atoms with Crippen molar-refractivity contribution in [2.45, 2.75) is 34.1 Å². The summed E-state index contributed by atoms with van der Waals surface area (Å²) >= 11 is 1.71. The maximum absolute atomic E-state index is 5.60. The fraction of sp³-hybridized carbons (Fsp3) is 0.250. The van der Waals surface area contributed by atoms with E-state index in [-0.39, 0.29) is 0 Å². The molecule has 0 saturated carbocycles. The number of ether oxygens (including phenoxy) is 1. The van der Waals surface area contributed by atoms with Gasteiger partial charge in [-0.2, -0.15) is 0 Å². The number of hydrogen-bond acceptors (Lipinski definition) is 5.